The molecule has 18 heavy (non-hydrogen) atoms. The van der Waals surface area contributed by atoms with Crippen LogP contribution in [0, 0.1) is 0 Å². The van der Waals surface area contributed by atoms with E-state index < -0.39 is 6.09 Å². The van der Waals surface area contributed by atoms with E-state index in [4.69, 9.17) is 4.74 Å². The highest BCUT2D eigenvalue weighted by Crippen LogP contribution is 2.19. The monoisotopic (exact) mass is 248 g/mol. The van der Waals surface area contributed by atoms with Gasteiger partial charge in [0.25, 0.3) is 0 Å². The summed E-state index contributed by atoms with van der Waals surface area (Å²) in [6.07, 6.45) is 5.03. The summed E-state index contributed by atoms with van der Waals surface area (Å²) < 4.78 is 5.16. The van der Waals surface area contributed by atoms with Crippen molar-refractivity contribution in [3.63, 3.8) is 0 Å². The van der Waals surface area contributed by atoms with E-state index in [1.54, 1.807) is 12.3 Å². The van der Waals surface area contributed by atoms with Crippen molar-refractivity contribution in [1.82, 2.24) is 5.32 Å². The van der Waals surface area contributed by atoms with Crippen molar-refractivity contribution >= 4 is 11.8 Å². The van der Waals surface area contributed by atoms with Gasteiger partial charge in [-0.3, -0.25) is 5.32 Å². The maximum absolute atomic E-state index is 11.5. The molecule has 0 aliphatic heterocycles. The van der Waals surface area contributed by atoms with Gasteiger partial charge in [-0.25, -0.2) is 4.79 Å². The lowest BCUT2D eigenvalue weighted by Gasteiger charge is -2.13. The summed E-state index contributed by atoms with van der Waals surface area (Å²) in [6, 6.07) is 7.37. The number of allylic oxidation sites excluding steroid dienone is 1. The molecule has 0 heterocycles. The first-order valence-corrected chi connectivity index (χ1v) is 6.04. The van der Waals surface area contributed by atoms with Crippen molar-refractivity contribution in [2.45, 2.75) is 19.8 Å². The molecule has 0 aliphatic rings. The van der Waals surface area contributed by atoms with Crippen molar-refractivity contribution in [3.05, 3.63) is 36.5 Å². The van der Waals surface area contributed by atoms with Crippen LogP contribution in [-0.2, 0) is 0 Å². The Morgan fingerprint density at radius 2 is 2.22 bits per heavy atom. The number of amides is 1. The van der Waals surface area contributed by atoms with Gasteiger partial charge in [0.15, 0.2) is 0 Å². The number of carbonyl (C=O) groups excluding carboxylic acids is 1. The Balaban J connectivity index is 2.51. The van der Waals surface area contributed by atoms with Crippen LogP contribution >= 0.6 is 0 Å². The van der Waals surface area contributed by atoms with Gasteiger partial charge in [-0.15, -0.1) is 0 Å². The quantitative estimate of drug-likeness (QED) is 0.870. The molecule has 98 valence electrons. The molecule has 0 unspecified atom stereocenters. The van der Waals surface area contributed by atoms with Crippen molar-refractivity contribution in [2.24, 2.45) is 0 Å². The van der Waals surface area contributed by atoms with Crippen LogP contribution in [0.25, 0.3) is 0 Å². The van der Waals surface area contributed by atoms with E-state index in [-0.39, 0.29) is 0 Å². The lowest BCUT2D eigenvalue weighted by molar-refractivity contribution is 0.204. The van der Waals surface area contributed by atoms with Crippen LogP contribution in [0.4, 0.5) is 10.5 Å². The molecule has 0 saturated heterocycles. The Labute approximate surface area is 108 Å². The van der Waals surface area contributed by atoms with Gasteiger partial charge in [0.05, 0.1) is 0 Å². The predicted molar refractivity (Wildman–Crippen MR) is 74.0 cm³/mol. The fourth-order valence-electron chi connectivity index (χ4n) is 1.34. The summed E-state index contributed by atoms with van der Waals surface area (Å²) >= 11 is 0. The summed E-state index contributed by atoms with van der Waals surface area (Å²) in [5.74, 6) is 0.530. The lowest BCUT2D eigenvalue weighted by Crippen LogP contribution is -2.21. The number of nitrogens with one attached hydrogen (secondary N) is 1. The third-order valence-electron chi connectivity index (χ3n) is 2.32. The van der Waals surface area contributed by atoms with E-state index in [1.165, 1.54) is 0 Å². The number of ether oxygens (including phenoxy) is 1. The van der Waals surface area contributed by atoms with Gasteiger partial charge in [0.2, 0.25) is 0 Å². The number of hydrogen-bond donors (Lipinski definition) is 1. The summed E-state index contributed by atoms with van der Waals surface area (Å²) in [5.41, 5.74) is 0.988. The minimum atomic E-state index is -0.474. The Hall–Kier alpha value is -1.97. The van der Waals surface area contributed by atoms with Gasteiger partial charge in [0.1, 0.15) is 5.75 Å². The molecule has 0 aliphatic carbocycles. The molecule has 0 spiro atoms. The van der Waals surface area contributed by atoms with Crippen molar-refractivity contribution in [3.8, 4) is 5.75 Å². The maximum atomic E-state index is 11.5. The highest BCUT2D eigenvalue weighted by molar-refractivity contribution is 5.71. The second-order valence-corrected chi connectivity index (χ2v) is 4.12. The molecule has 1 amide bonds. The number of unbranched alkanes of at least 4 members (excludes halogenated alkanes) is 1. The molecule has 1 N–H and O–H groups in total. The SMILES string of the molecule is CCCC=CNC(=O)Oc1cccc(N(C)C)c1. The van der Waals surface area contributed by atoms with E-state index >= 15 is 0 Å². The fourth-order valence-corrected chi connectivity index (χ4v) is 1.34. The Morgan fingerprint density at radius 1 is 1.44 bits per heavy atom. The number of carbonyl (C=O) groups is 1. The number of hydrogen-bond acceptors (Lipinski definition) is 3. The zero-order valence-corrected chi connectivity index (χ0v) is 11.1. The van der Waals surface area contributed by atoms with Crippen LogP contribution in [0.15, 0.2) is 36.5 Å². The first-order valence-electron chi connectivity index (χ1n) is 6.04. The second kappa shape index (κ2) is 7.37. The van der Waals surface area contributed by atoms with Crippen LogP contribution in [-0.4, -0.2) is 20.2 Å². The smallest absolute Gasteiger partial charge is 0.410 e. The van der Waals surface area contributed by atoms with E-state index in [2.05, 4.69) is 12.2 Å². The molecule has 0 atom stereocenters. The van der Waals surface area contributed by atoms with Gasteiger partial charge in [-0.2, -0.15) is 0 Å². The van der Waals surface area contributed by atoms with Crippen LogP contribution in [0.2, 0.25) is 0 Å². The van der Waals surface area contributed by atoms with Crippen LogP contribution < -0.4 is 15.0 Å². The Kier molecular flexibility index (Phi) is 5.77. The lowest BCUT2D eigenvalue weighted by atomic mass is 10.3. The summed E-state index contributed by atoms with van der Waals surface area (Å²) in [7, 11) is 3.87. The first-order chi connectivity index (χ1) is 8.63. The third kappa shape index (κ3) is 4.91. The van der Waals surface area contributed by atoms with Gasteiger partial charge >= 0.3 is 6.09 Å². The topological polar surface area (TPSA) is 41.6 Å². The minimum absolute atomic E-state index is 0.474. The molecule has 4 nitrogen and oxygen atoms in total. The van der Waals surface area contributed by atoms with E-state index in [1.807, 2.05) is 43.3 Å². The molecule has 0 bridgehead atoms. The van der Waals surface area contributed by atoms with Crippen LogP contribution in [0.5, 0.6) is 5.75 Å². The van der Waals surface area contributed by atoms with Crippen molar-refractivity contribution < 1.29 is 9.53 Å². The number of rotatable bonds is 5. The molecule has 1 aromatic rings. The Bertz CT molecular complexity index is 414. The number of anilines is 1. The molecular weight excluding hydrogens is 228 g/mol. The van der Waals surface area contributed by atoms with Crippen LogP contribution in [0.1, 0.15) is 19.8 Å². The highest BCUT2D eigenvalue weighted by Gasteiger charge is 2.03. The normalized spacial score (nSPS) is 10.4. The molecular formula is C14H20N2O2. The Morgan fingerprint density at radius 3 is 2.89 bits per heavy atom. The van der Waals surface area contributed by atoms with Crippen LogP contribution in [0.3, 0.4) is 0 Å². The van der Waals surface area contributed by atoms with Gasteiger partial charge in [0, 0.05) is 32.0 Å². The standard InChI is InChI=1S/C14H20N2O2/c1-4-5-6-10-15-14(17)18-13-9-7-8-12(11-13)16(2)3/h6-11H,4-5H2,1-3H3,(H,15,17). The number of benzene rings is 1. The summed E-state index contributed by atoms with van der Waals surface area (Å²) in [6.45, 7) is 2.08. The third-order valence-corrected chi connectivity index (χ3v) is 2.32. The summed E-state index contributed by atoms with van der Waals surface area (Å²) in [5, 5.41) is 2.56. The molecule has 0 aromatic heterocycles. The zero-order chi connectivity index (χ0) is 13.4. The average molecular weight is 248 g/mol. The predicted octanol–water partition coefficient (Wildman–Crippen LogP) is 3.15. The average Bonchev–Trinajstić information content (AvgIpc) is 2.35. The van der Waals surface area contributed by atoms with E-state index in [0.29, 0.717) is 5.75 Å². The molecule has 0 radical (unpaired) electrons. The maximum Gasteiger partial charge on any atom is 0.416 e. The van der Waals surface area contributed by atoms with E-state index in [0.717, 1.165) is 18.5 Å². The van der Waals surface area contributed by atoms with Gasteiger partial charge in [-0.1, -0.05) is 25.5 Å². The van der Waals surface area contributed by atoms with Gasteiger partial charge in [-0.05, 0) is 18.6 Å². The molecule has 0 saturated carbocycles. The van der Waals surface area contributed by atoms with Crippen molar-refractivity contribution in [1.29, 1.82) is 0 Å². The molecule has 1 rings (SSSR count). The largest absolute Gasteiger partial charge is 0.416 e. The highest BCUT2D eigenvalue weighted by atomic mass is 16.5. The molecule has 1 aromatic carbocycles. The minimum Gasteiger partial charge on any atom is -0.410 e. The first kappa shape index (κ1) is 14.1. The molecule has 4 heteroatoms. The molecule has 0 fully saturated rings. The zero-order valence-electron chi connectivity index (χ0n) is 11.1. The summed E-state index contributed by atoms with van der Waals surface area (Å²) in [4.78, 5) is 13.4. The number of nitrogens with zero attached hydrogens (tertiary/aromatic N) is 1. The fraction of sp³-hybridized carbons (Fsp3) is 0.357. The van der Waals surface area contributed by atoms with E-state index in [9.17, 15) is 4.79 Å². The van der Waals surface area contributed by atoms with Gasteiger partial charge < -0.3 is 9.64 Å². The second-order valence-electron chi connectivity index (χ2n) is 4.12. The van der Waals surface area contributed by atoms with Crippen molar-refractivity contribution in [2.75, 3.05) is 19.0 Å².